The van der Waals surface area contributed by atoms with Gasteiger partial charge in [-0.25, -0.2) is 4.68 Å². The average molecular weight is 334 g/mol. The Morgan fingerprint density at radius 1 is 1.15 bits per heavy atom. The Labute approximate surface area is 128 Å². The van der Waals surface area contributed by atoms with Gasteiger partial charge in [0.05, 0.1) is 25.1 Å². The van der Waals surface area contributed by atoms with E-state index in [9.17, 15) is 0 Å². The summed E-state index contributed by atoms with van der Waals surface area (Å²) in [5.41, 5.74) is 2.84. The minimum absolute atomic E-state index is 0.194. The number of aromatic nitrogens is 3. The molecular formula is C15H17BrN4. The van der Waals surface area contributed by atoms with E-state index < -0.39 is 0 Å². The Kier molecular flexibility index (Phi) is 2.59. The molecule has 2 aromatic rings. The van der Waals surface area contributed by atoms with Gasteiger partial charge in [0, 0.05) is 17.6 Å². The zero-order valence-electron chi connectivity index (χ0n) is 12.2. The van der Waals surface area contributed by atoms with Crippen molar-refractivity contribution >= 4 is 21.6 Å². The molecule has 0 N–H and O–H groups in total. The Morgan fingerprint density at radius 2 is 1.95 bits per heavy atom. The molecule has 0 radical (unpaired) electrons. The van der Waals surface area contributed by atoms with Crippen LogP contribution in [0.4, 0.5) is 5.69 Å². The van der Waals surface area contributed by atoms with Crippen LogP contribution in [-0.4, -0.2) is 28.1 Å². The Hall–Kier alpha value is -1.36. The summed E-state index contributed by atoms with van der Waals surface area (Å²) in [6.45, 7) is 2.21. The quantitative estimate of drug-likeness (QED) is 0.844. The lowest BCUT2D eigenvalue weighted by Gasteiger charge is -2.35. The number of rotatable bonds is 2. The van der Waals surface area contributed by atoms with Crippen LogP contribution < -0.4 is 4.90 Å². The van der Waals surface area contributed by atoms with Crippen LogP contribution in [0.5, 0.6) is 0 Å². The van der Waals surface area contributed by atoms with Gasteiger partial charge in [0.2, 0.25) is 0 Å². The lowest BCUT2D eigenvalue weighted by Crippen LogP contribution is -2.35. The molecule has 2 aliphatic rings. The lowest BCUT2D eigenvalue weighted by molar-refractivity contribution is 0.384. The minimum Gasteiger partial charge on any atom is -0.370 e. The zero-order chi connectivity index (χ0) is 14.4. The highest BCUT2D eigenvalue weighted by Crippen LogP contribution is 2.54. The van der Waals surface area contributed by atoms with Crippen LogP contribution in [0.3, 0.4) is 0 Å². The molecule has 0 amide bonds. The predicted molar refractivity (Wildman–Crippen MR) is 82.2 cm³/mol. The van der Waals surface area contributed by atoms with Gasteiger partial charge in [0.1, 0.15) is 0 Å². The molecule has 0 atom stereocenters. The molecule has 4 nitrogen and oxygen atoms in total. The first-order chi connectivity index (χ1) is 10.2. The van der Waals surface area contributed by atoms with Gasteiger partial charge < -0.3 is 4.90 Å². The maximum atomic E-state index is 7.57. The number of anilines is 1. The van der Waals surface area contributed by atoms with Gasteiger partial charge in [0.15, 0.2) is 0 Å². The van der Waals surface area contributed by atoms with E-state index in [-0.39, 0.29) is 6.17 Å². The summed E-state index contributed by atoms with van der Waals surface area (Å²) < 4.78 is 10.3. The molecule has 2 fully saturated rings. The van der Waals surface area contributed by atoms with Crippen LogP contribution in [0, 0.1) is 5.41 Å². The predicted octanol–water partition coefficient (Wildman–Crippen LogP) is 3.41. The fraction of sp³-hybridized carbons (Fsp3) is 0.467. The van der Waals surface area contributed by atoms with Gasteiger partial charge in [0.25, 0.3) is 0 Å². The van der Waals surface area contributed by atoms with E-state index in [1.54, 1.807) is 10.9 Å². The van der Waals surface area contributed by atoms with Crippen molar-refractivity contribution in [3.05, 3.63) is 35.0 Å². The highest BCUT2D eigenvalue weighted by atomic mass is 79.9. The van der Waals surface area contributed by atoms with Gasteiger partial charge >= 0.3 is 0 Å². The van der Waals surface area contributed by atoms with E-state index in [0.29, 0.717) is 5.41 Å². The first kappa shape index (κ1) is 11.3. The van der Waals surface area contributed by atoms with Crippen molar-refractivity contribution in [2.24, 2.45) is 5.41 Å². The second kappa shape index (κ2) is 4.58. The van der Waals surface area contributed by atoms with E-state index in [1.807, 2.05) is 12.1 Å². The highest BCUT2D eigenvalue weighted by molar-refractivity contribution is 9.10. The van der Waals surface area contributed by atoms with Gasteiger partial charge in [-0.2, -0.15) is 0 Å². The van der Waals surface area contributed by atoms with Crippen molar-refractivity contribution in [3.63, 3.8) is 0 Å². The van der Waals surface area contributed by atoms with Crippen molar-refractivity contribution in [2.45, 2.75) is 25.7 Å². The molecule has 1 aromatic carbocycles. The highest BCUT2D eigenvalue weighted by Gasteiger charge is 2.44. The van der Waals surface area contributed by atoms with Crippen molar-refractivity contribution in [1.82, 2.24) is 15.0 Å². The first-order valence-electron chi connectivity index (χ1n) is 7.59. The van der Waals surface area contributed by atoms with E-state index >= 15 is 0 Å². The van der Waals surface area contributed by atoms with Gasteiger partial charge in [-0.3, -0.25) is 0 Å². The largest absolute Gasteiger partial charge is 0.370 e. The summed E-state index contributed by atoms with van der Waals surface area (Å²) in [6, 6.07) is 6.19. The molecule has 1 aliphatic carbocycles. The molecule has 5 heteroatoms. The SMILES string of the molecule is [2H]c1cn(-c2ccc(Br)cc2N2CCC3(CC2)CC3)nn1. The van der Waals surface area contributed by atoms with Crippen molar-refractivity contribution in [1.29, 1.82) is 0 Å². The first-order valence-corrected chi connectivity index (χ1v) is 7.88. The molecule has 0 bridgehead atoms. The fourth-order valence-electron chi connectivity index (χ4n) is 3.14. The van der Waals surface area contributed by atoms with E-state index in [0.717, 1.165) is 23.2 Å². The standard InChI is InChI=1S/C15H17BrN4/c16-12-1-2-13(20-10-7-17-18-20)14(11-12)19-8-5-15(3-4-15)6-9-19/h1-2,7,10-11H,3-6,8-9H2/i7D. The van der Waals surface area contributed by atoms with E-state index in [4.69, 9.17) is 1.37 Å². The smallest absolute Gasteiger partial charge is 0.0897 e. The minimum atomic E-state index is 0.194. The third-order valence-corrected chi connectivity index (χ3v) is 5.18. The molecular weight excluding hydrogens is 316 g/mol. The molecule has 104 valence electrons. The lowest BCUT2D eigenvalue weighted by atomic mass is 9.93. The average Bonchev–Trinajstić information content (AvgIpc) is 3.09. The summed E-state index contributed by atoms with van der Waals surface area (Å²) in [5, 5.41) is 7.83. The number of hydrogen-bond acceptors (Lipinski definition) is 3. The maximum Gasteiger partial charge on any atom is 0.0897 e. The van der Waals surface area contributed by atoms with Crippen molar-refractivity contribution < 1.29 is 1.37 Å². The van der Waals surface area contributed by atoms with Crippen LogP contribution in [0.2, 0.25) is 0 Å². The number of benzene rings is 1. The Morgan fingerprint density at radius 3 is 2.60 bits per heavy atom. The summed E-state index contributed by atoms with van der Waals surface area (Å²) >= 11 is 3.57. The van der Waals surface area contributed by atoms with Crippen LogP contribution in [0.15, 0.2) is 35.0 Å². The zero-order valence-corrected chi connectivity index (χ0v) is 12.8. The Balaban J connectivity index is 1.68. The van der Waals surface area contributed by atoms with Gasteiger partial charge in [-0.05, 0) is 49.3 Å². The number of nitrogens with zero attached hydrogens (tertiary/aromatic N) is 4. The maximum absolute atomic E-state index is 7.57. The third kappa shape index (κ3) is 2.14. The number of hydrogen-bond donors (Lipinski definition) is 0. The van der Waals surface area contributed by atoms with Gasteiger partial charge in [-0.1, -0.05) is 21.1 Å². The van der Waals surface area contributed by atoms with Crippen molar-refractivity contribution in [3.8, 4) is 5.69 Å². The molecule has 2 heterocycles. The molecule has 1 aromatic heterocycles. The van der Waals surface area contributed by atoms with Crippen LogP contribution in [0.25, 0.3) is 5.69 Å². The van der Waals surface area contributed by atoms with Crippen LogP contribution >= 0.6 is 15.9 Å². The molecule has 1 aliphatic heterocycles. The summed E-state index contributed by atoms with van der Waals surface area (Å²) in [7, 11) is 0. The number of piperidine rings is 1. The summed E-state index contributed by atoms with van der Waals surface area (Å²) in [5.74, 6) is 0. The molecule has 4 rings (SSSR count). The topological polar surface area (TPSA) is 34.0 Å². The van der Waals surface area contributed by atoms with Crippen LogP contribution in [-0.2, 0) is 0 Å². The third-order valence-electron chi connectivity index (χ3n) is 4.69. The monoisotopic (exact) mass is 333 g/mol. The number of halogens is 1. The summed E-state index contributed by atoms with van der Waals surface area (Å²) in [6.07, 6.45) is 7.26. The Bertz CT molecular complexity index is 670. The fourth-order valence-corrected chi connectivity index (χ4v) is 3.49. The molecule has 0 unspecified atom stereocenters. The van der Waals surface area contributed by atoms with Crippen molar-refractivity contribution in [2.75, 3.05) is 18.0 Å². The van der Waals surface area contributed by atoms with Crippen LogP contribution in [0.1, 0.15) is 27.1 Å². The molecule has 20 heavy (non-hydrogen) atoms. The second-order valence-corrected chi connectivity index (χ2v) is 6.83. The molecule has 1 spiro atoms. The summed E-state index contributed by atoms with van der Waals surface area (Å²) in [4.78, 5) is 2.44. The molecule has 1 saturated carbocycles. The van der Waals surface area contributed by atoms with E-state index in [1.165, 1.54) is 31.4 Å². The normalized spacial score (nSPS) is 21.1. The van der Waals surface area contributed by atoms with E-state index in [2.05, 4.69) is 37.2 Å². The molecule has 1 saturated heterocycles. The second-order valence-electron chi connectivity index (χ2n) is 5.91. The van der Waals surface area contributed by atoms with Gasteiger partial charge in [-0.15, -0.1) is 5.10 Å².